The van der Waals surface area contributed by atoms with Crippen molar-refractivity contribution in [3.63, 3.8) is 0 Å². The summed E-state index contributed by atoms with van der Waals surface area (Å²) in [6.45, 7) is 1.89. The van der Waals surface area contributed by atoms with Crippen molar-refractivity contribution in [3.8, 4) is 0 Å². The van der Waals surface area contributed by atoms with Crippen molar-refractivity contribution < 1.29 is 12.8 Å². The number of pyridine rings is 1. The maximum Gasteiger partial charge on any atom is 0.187 e. The van der Waals surface area contributed by atoms with E-state index in [1.54, 1.807) is 19.1 Å². The summed E-state index contributed by atoms with van der Waals surface area (Å²) in [6, 6.07) is 3.26. The van der Waals surface area contributed by atoms with Crippen LogP contribution >= 0.6 is 22.9 Å². The summed E-state index contributed by atoms with van der Waals surface area (Å²) in [4.78, 5) is 4.41. The zero-order valence-electron chi connectivity index (χ0n) is 10.6. The van der Waals surface area contributed by atoms with Crippen LogP contribution in [0.4, 0.5) is 10.1 Å². The Balaban J connectivity index is 2.13. The molecule has 2 rings (SSSR count). The quantitative estimate of drug-likeness (QED) is 0.911. The van der Waals surface area contributed by atoms with Crippen molar-refractivity contribution in [1.29, 1.82) is 0 Å². The smallest absolute Gasteiger partial charge is 0.187 e. The van der Waals surface area contributed by atoms with Crippen LogP contribution in [0.25, 0.3) is 0 Å². The first kappa shape index (κ1) is 15.2. The molecule has 8 heteroatoms. The average Bonchev–Trinajstić information content (AvgIpc) is 2.88. The highest BCUT2D eigenvalue weighted by molar-refractivity contribution is 7.93. The van der Waals surface area contributed by atoms with Gasteiger partial charge in [0.2, 0.25) is 0 Å². The molecule has 0 unspecified atom stereocenters. The molecular formula is C12H12ClFN2O2S2. The molecular weight excluding hydrogens is 323 g/mol. The number of hydrogen-bond donors (Lipinski definition) is 1. The monoisotopic (exact) mass is 334 g/mol. The Morgan fingerprint density at radius 3 is 2.80 bits per heavy atom. The molecule has 20 heavy (non-hydrogen) atoms. The van der Waals surface area contributed by atoms with Gasteiger partial charge in [-0.05, 0) is 12.1 Å². The maximum atomic E-state index is 13.5. The van der Waals surface area contributed by atoms with Gasteiger partial charge in [0.25, 0.3) is 0 Å². The predicted octanol–water partition coefficient (Wildman–Crippen LogP) is 3.34. The minimum Gasteiger partial charge on any atom is -0.376 e. The molecule has 1 N–H and O–H groups in total. The first-order valence-corrected chi connectivity index (χ1v) is 8.63. The van der Waals surface area contributed by atoms with Crippen LogP contribution in [-0.2, 0) is 16.4 Å². The van der Waals surface area contributed by atoms with E-state index in [9.17, 15) is 12.8 Å². The SMILES string of the molecule is CCS(=O)(=O)c1ccc(CNc2c(F)cncc2Cl)s1. The Bertz CT molecular complexity index is 696. The van der Waals surface area contributed by atoms with E-state index in [1.807, 2.05) is 0 Å². The van der Waals surface area contributed by atoms with Gasteiger partial charge in [-0.2, -0.15) is 0 Å². The maximum absolute atomic E-state index is 13.5. The van der Waals surface area contributed by atoms with Crippen molar-refractivity contribution in [2.45, 2.75) is 17.7 Å². The number of hydrogen-bond acceptors (Lipinski definition) is 5. The number of nitrogens with one attached hydrogen (secondary N) is 1. The number of anilines is 1. The first-order chi connectivity index (χ1) is 9.44. The Morgan fingerprint density at radius 2 is 2.15 bits per heavy atom. The molecule has 0 spiro atoms. The summed E-state index contributed by atoms with van der Waals surface area (Å²) >= 11 is 7.00. The summed E-state index contributed by atoms with van der Waals surface area (Å²) in [7, 11) is -3.20. The molecule has 0 amide bonds. The van der Waals surface area contributed by atoms with Gasteiger partial charge >= 0.3 is 0 Å². The molecule has 0 aliphatic heterocycles. The molecule has 2 aromatic rings. The normalized spacial score (nSPS) is 11.6. The third kappa shape index (κ3) is 3.28. The van der Waals surface area contributed by atoms with Crippen LogP contribution in [0, 0.1) is 5.82 Å². The Labute approximate surface area is 125 Å². The molecule has 0 radical (unpaired) electrons. The Kier molecular flexibility index (Phi) is 4.62. The highest BCUT2D eigenvalue weighted by Crippen LogP contribution is 2.27. The second-order valence-corrected chi connectivity index (χ2v) is 8.04. The third-order valence-corrected chi connectivity index (χ3v) is 6.30. The predicted molar refractivity (Wildman–Crippen MR) is 78.6 cm³/mol. The van der Waals surface area contributed by atoms with Crippen LogP contribution in [0.3, 0.4) is 0 Å². The summed E-state index contributed by atoms with van der Waals surface area (Å²) in [5.74, 6) is -0.485. The van der Waals surface area contributed by atoms with Gasteiger partial charge in [0.05, 0.1) is 22.7 Å². The fourth-order valence-electron chi connectivity index (χ4n) is 1.52. The lowest BCUT2D eigenvalue weighted by Crippen LogP contribution is -2.02. The highest BCUT2D eigenvalue weighted by atomic mass is 35.5. The second-order valence-electron chi connectivity index (χ2n) is 3.96. The topological polar surface area (TPSA) is 59.1 Å². The van der Waals surface area contributed by atoms with E-state index in [0.717, 1.165) is 22.4 Å². The van der Waals surface area contributed by atoms with Gasteiger partial charge < -0.3 is 5.32 Å². The average molecular weight is 335 g/mol. The molecule has 0 aromatic carbocycles. The van der Waals surface area contributed by atoms with Crippen LogP contribution in [0.2, 0.25) is 5.02 Å². The molecule has 0 saturated heterocycles. The van der Waals surface area contributed by atoms with E-state index in [4.69, 9.17) is 11.6 Å². The van der Waals surface area contributed by atoms with E-state index < -0.39 is 15.7 Å². The molecule has 0 fully saturated rings. The van der Waals surface area contributed by atoms with Gasteiger partial charge in [-0.1, -0.05) is 18.5 Å². The lowest BCUT2D eigenvalue weighted by molar-refractivity contribution is 0.599. The molecule has 108 valence electrons. The largest absolute Gasteiger partial charge is 0.376 e. The minimum absolute atomic E-state index is 0.0607. The van der Waals surface area contributed by atoms with Crippen molar-refractivity contribution in [2.24, 2.45) is 0 Å². The molecule has 2 aromatic heterocycles. The summed E-state index contributed by atoms with van der Waals surface area (Å²) in [6.07, 6.45) is 2.41. The van der Waals surface area contributed by atoms with Crippen molar-refractivity contribution in [3.05, 3.63) is 40.2 Å². The number of thiophene rings is 1. The number of aromatic nitrogens is 1. The van der Waals surface area contributed by atoms with Gasteiger partial charge in [0.1, 0.15) is 4.21 Å². The number of rotatable bonds is 5. The lowest BCUT2D eigenvalue weighted by Gasteiger charge is -2.07. The molecule has 0 aliphatic rings. The van der Waals surface area contributed by atoms with E-state index in [-0.39, 0.29) is 16.5 Å². The molecule has 4 nitrogen and oxygen atoms in total. The fourth-order valence-corrected chi connectivity index (χ4v) is 4.15. The zero-order valence-corrected chi connectivity index (χ0v) is 12.9. The molecule has 0 saturated carbocycles. The molecule has 0 bridgehead atoms. The van der Waals surface area contributed by atoms with Gasteiger partial charge in [-0.3, -0.25) is 4.98 Å². The van der Waals surface area contributed by atoms with Crippen LogP contribution in [-0.4, -0.2) is 19.2 Å². The number of sulfone groups is 1. The van der Waals surface area contributed by atoms with Crippen molar-refractivity contribution in [2.75, 3.05) is 11.1 Å². The second kappa shape index (κ2) is 6.07. The fraction of sp³-hybridized carbons (Fsp3) is 0.250. The van der Waals surface area contributed by atoms with Crippen molar-refractivity contribution >= 4 is 38.5 Å². The van der Waals surface area contributed by atoms with Crippen LogP contribution in [0.15, 0.2) is 28.7 Å². The van der Waals surface area contributed by atoms with Crippen LogP contribution in [0.5, 0.6) is 0 Å². The summed E-state index contributed by atoms with van der Waals surface area (Å²) in [5, 5.41) is 3.03. The van der Waals surface area contributed by atoms with E-state index in [1.165, 1.54) is 6.20 Å². The molecule has 0 aliphatic carbocycles. The van der Waals surface area contributed by atoms with E-state index in [0.29, 0.717) is 10.8 Å². The molecule has 2 heterocycles. The van der Waals surface area contributed by atoms with Gasteiger partial charge in [-0.15, -0.1) is 11.3 Å². The lowest BCUT2D eigenvalue weighted by atomic mass is 10.3. The number of halogens is 2. The van der Waals surface area contributed by atoms with E-state index in [2.05, 4.69) is 10.3 Å². The Hall–Kier alpha value is -1.18. The summed E-state index contributed by atoms with van der Waals surface area (Å²) < 4.78 is 37.2. The van der Waals surface area contributed by atoms with Gasteiger partial charge in [-0.25, -0.2) is 12.8 Å². The van der Waals surface area contributed by atoms with Crippen LogP contribution < -0.4 is 5.32 Å². The molecule has 0 atom stereocenters. The van der Waals surface area contributed by atoms with Gasteiger partial charge in [0, 0.05) is 17.6 Å². The van der Waals surface area contributed by atoms with Crippen molar-refractivity contribution in [1.82, 2.24) is 4.98 Å². The number of nitrogens with zero attached hydrogens (tertiary/aromatic N) is 1. The highest BCUT2D eigenvalue weighted by Gasteiger charge is 2.15. The first-order valence-electron chi connectivity index (χ1n) is 5.78. The standard InChI is InChI=1S/C12H12ClFN2O2S2/c1-2-20(17,18)11-4-3-8(19-11)5-16-12-9(13)6-15-7-10(12)14/h3-4,6-7H,2,5H2,1H3,(H,15,16). The Morgan fingerprint density at radius 1 is 1.40 bits per heavy atom. The minimum atomic E-state index is -3.20. The zero-order chi connectivity index (χ0) is 14.8. The van der Waals surface area contributed by atoms with Crippen LogP contribution in [0.1, 0.15) is 11.8 Å². The third-order valence-electron chi connectivity index (χ3n) is 2.62. The summed E-state index contributed by atoms with van der Waals surface area (Å²) in [5.41, 5.74) is 0.162. The van der Waals surface area contributed by atoms with E-state index >= 15 is 0 Å². The van der Waals surface area contributed by atoms with Gasteiger partial charge in [0.15, 0.2) is 15.7 Å².